The maximum absolute atomic E-state index is 13.3. The van der Waals surface area contributed by atoms with Gasteiger partial charge in [-0.1, -0.05) is 0 Å². The number of benzene rings is 1. The predicted molar refractivity (Wildman–Crippen MR) is 86.1 cm³/mol. The minimum Gasteiger partial charge on any atom is -0.371 e. The van der Waals surface area contributed by atoms with Crippen LogP contribution in [-0.4, -0.2) is 43.6 Å². The Balaban J connectivity index is 1.92. The Kier molecular flexibility index (Phi) is 5.57. The summed E-state index contributed by atoms with van der Waals surface area (Å²) >= 11 is 0. The number of aliphatic imine (C=N–C) groups is 1. The molecular weight excluding hydrogens is 286 g/mol. The molecule has 0 aromatic heterocycles. The van der Waals surface area contributed by atoms with Gasteiger partial charge in [0.15, 0.2) is 17.6 Å². The highest BCUT2D eigenvalue weighted by Gasteiger charge is 2.23. The van der Waals surface area contributed by atoms with Crippen molar-refractivity contribution in [1.82, 2.24) is 4.90 Å². The third-order valence-electron chi connectivity index (χ3n) is 4.15. The molecule has 1 heterocycles. The van der Waals surface area contributed by atoms with Crippen molar-refractivity contribution in [3.8, 4) is 0 Å². The molecule has 1 atom stereocenters. The van der Waals surface area contributed by atoms with E-state index in [1.807, 2.05) is 18.7 Å². The molecule has 1 aliphatic heterocycles. The van der Waals surface area contributed by atoms with Crippen molar-refractivity contribution in [3.63, 3.8) is 0 Å². The SMILES string of the molecule is CCN(CC)C(N)=NCC1CCN(c2ccc(F)c(F)c2)C1. The lowest BCUT2D eigenvalue weighted by Crippen LogP contribution is -2.37. The van der Waals surface area contributed by atoms with Gasteiger partial charge >= 0.3 is 0 Å². The lowest BCUT2D eigenvalue weighted by Gasteiger charge is -2.20. The van der Waals surface area contributed by atoms with Crippen LogP contribution in [0, 0.1) is 17.6 Å². The normalized spacial score (nSPS) is 18.8. The van der Waals surface area contributed by atoms with Gasteiger partial charge in [0.05, 0.1) is 0 Å². The van der Waals surface area contributed by atoms with Gasteiger partial charge < -0.3 is 15.5 Å². The molecule has 1 aliphatic rings. The molecule has 1 unspecified atom stereocenters. The number of hydrogen-bond acceptors (Lipinski definition) is 2. The summed E-state index contributed by atoms with van der Waals surface area (Å²) < 4.78 is 26.3. The minimum atomic E-state index is -0.809. The van der Waals surface area contributed by atoms with E-state index < -0.39 is 11.6 Å². The molecule has 122 valence electrons. The van der Waals surface area contributed by atoms with Gasteiger partial charge in [-0.2, -0.15) is 0 Å². The third-order valence-corrected chi connectivity index (χ3v) is 4.15. The second kappa shape index (κ2) is 7.42. The predicted octanol–water partition coefficient (Wildman–Crippen LogP) is 2.45. The van der Waals surface area contributed by atoms with Gasteiger partial charge in [-0.25, -0.2) is 8.78 Å². The summed E-state index contributed by atoms with van der Waals surface area (Å²) in [6.45, 7) is 8.08. The van der Waals surface area contributed by atoms with Gasteiger partial charge in [0.2, 0.25) is 0 Å². The van der Waals surface area contributed by atoms with E-state index in [2.05, 4.69) is 9.89 Å². The van der Waals surface area contributed by atoms with E-state index in [4.69, 9.17) is 5.73 Å². The minimum absolute atomic E-state index is 0.391. The summed E-state index contributed by atoms with van der Waals surface area (Å²) in [6, 6.07) is 4.05. The standard InChI is InChI=1S/C16H24F2N4/c1-3-21(4-2)16(19)20-10-12-7-8-22(11-12)13-5-6-14(17)15(18)9-13/h5-6,9,12H,3-4,7-8,10-11H2,1-2H3,(H2,19,20). The molecule has 1 aromatic rings. The molecule has 1 saturated heterocycles. The van der Waals surface area contributed by atoms with Crippen molar-refractivity contribution in [2.75, 3.05) is 37.6 Å². The van der Waals surface area contributed by atoms with E-state index in [-0.39, 0.29) is 0 Å². The summed E-state index contributed by atoms with van der Waals surface area (Å²) in [4.78, 5) is 8.55. The van der Waals surface area contributed by atoms with E-state index in [9.17, 15) is 8.78 Å². The highest BCUT2D eigenvalue weighted by atomic mass is 19.2. The smallest absolute Gasteiger partial charge is 0.191 e. The molecule has 0 saturated carbocycles. The zero-order valence-corrected chi connectivity index (χ0v) is 13.2. The summed E-state index contributed by atoms with van der Waals surface area (Å²) in [7, 11) is 0. The van der Waals surface area contributed by atoms with E-state index in [0.717, 1.165) is 38.3 Å². The summed E-state index contributed by atoms with van der Waals surface area (Å²) in [5.74, 6) is -0.639. The number of rotatable bonds is 5. The van der Waals surface area contributed by atoms with Gasteiger partial charge in [-0.15, -0.1) is 0 Å². The lowest BCUT2D eigenvalue weighted by molar-refractivity contribution is 0.455. The maximum Gasteiger partial charge on any atom is 0.191 e. The first kappa shape index (κ1) is 16.5. The zero-order chi connectivity index (χ0) is 16.1. The first-order valence-electron chi connectivity index (χ1n) is 7.80. The molecule has 2 N–H and O–H groups in total. The average Bonchev–Trinajstić information content (AvgIpc) is 2.98. The van der Waals surface area contributed by atoms with Gasteiger partial charge in [0, 0.05) is 44.5 Å². The maximum atomic E-state index is 13.3. The Bertz CT molecular complexity index is 529. The van der Waals surface area contributed by atoms with Crippen LogP contribution < -0.4 is 10.6 Å². The second-order valence-electron chi connectivity index (χ2n) is 5.57. The molecule has 4 nitrogen and oxygen atoms in total. The molecule has 6 heteroatoms. The number of halogens is 2. The number of hydrogen-bond donors (Lipinski definition) is 1. The topological polar surface area (TPSA) is 44.9 Å². The highest BCUT2D eigenvalue weighted by Crippen LogP contribution is 2.25. The van der Waals surface area contributed by atoms with Crippen LogP contribution >= 0.6 is 0 Å². The molecule has 0 amide bonds. The van der Waals surface area contributed by atoms with Crippen LogP contribution in [0.5, 0.6) is 0 Å². The van der Waals surface area contributed by atoms with E-state index in [1.165, 1.54) is 12.1 Å². The number of nitrogens with two attached hydrogens (primary N) is 1. The van der Waals surface area contributed by atoms with Crippen LogP contribution in [0.1, 0.15) is 20.3 Å². The lowest BCUT2D eigenvalue weighted by atomic mass is 10.1. The van der Waals surface area contributed by atoms with E-state index >= 15 is 0 Å². The van der Waals surface area contributed by atoms with Crippen molar-refractivity contribution in [3.05, 3.63) is 29.8 Å². The fourth-order valence-electron chi connectivity index (χ4n) is 2.77. The fourth-order valence-corrected chi connectivity index (χ4v) is 2.77. The van der Waals surface area contributed by atoms with Crippen molar-refractivity contribution in [1.29, 1.82) is 0 Å². The summed E-state index contributed by atoms with van der Waals surface area (Å²) in [5, 5.41) is 0. The number of nitrogens with zero attached hydrogens (tertiary/aromatic N) is 3. The van der Waals surface area contributed by atoms with Crippen LogP contribution in [0.25, 0.3) is 0 Å². The molecule has 0 bridgehead atoms. The van der Waals surface area contributed by atoms with Crippen molar-refractivity contribution >= 4 is 11.6 Å². The van der Waals surface area contributed by atoms with Crippen LogP contribution in [0.3, 0.4) is 0 Å². The average molecular weight is 310 g/mol. The van der Waals surface area contributed by atoms with Crippen molar-refractivity contribution < 1.29 is 8.78 Å². The Hall–Kier alpha value is -1.85. The summed E-state index contributed by atoms with van der Waals surface area (Å²) in [5.41, 5.74) is 6.69. The monoisotopic (exact) mass is 310 g/mol. The molecule has 0 spiro atoms. The van der Waals surface area contributed by atoms with Gasteiger partial charge in [0.25, 0.3) is 0 Å². The fraction of sp³-hybridized carbons (Fsp3) is 0.562. The first-order valence-corrected chi connectivity index (χ1v) is 7.80. The summed E-state index contributed by atoms with van der Waals surface area (Å²) in [6.07, 6.45) is 0.980. The van der Waals surface area contributed by atoms with Crippen LogP contribution in [-0.2, 0) is 0 Å². The number of anilines is 1. The van der Waals surface area contributed by atoms with E-state index in [0.29, 0.717) is 18.4 Å². The molecule has 0 radical (unpaired) electrons. The Morgan fingerprint density at radius 3 is 2.68 bits per heavy atom. The van der Waals surface area contributed by atoms with Crippen LogP contribution in [0.4, 0.5) is 14.5 Å². The van der Waals surface area contributed by atoms with Crippen molar-refractivity contribution in [2.24, 2.45) is 16.6 Å². The zero-order valence-electron chi connectivity index (χ0n) is 13.2. The quantitative estimate of drug-likeness (QED) is 0.671. The number of guanidine groups is 1. The third kappa shape index (κ3) is 3.87. The molecule has 1 fully saturated rings. The molecule has 0 aliphatic carbocycles. The highest BCUT2D eigenvalue weighted by molar-refractivity contribution is 5.78. The van der Waals surface area contributed by atoms with E-state index in [1.54, 1.807) is 6.07 Å². The Morgan fingerprint density at radius 1 is 1.32 bits per heavy atom. The molecule has 22 heavy (non-hydrogen) atoms. The molecule has 1 aromatic carbocycles. The van der Waals surface area contributed by atoms with Crippen LogP contribution in [0.2, 0.25) is 0 Å². The first-order chi connectivity index (χ1) is 10.5. The molecular formula is C16H24F2N4. The Labute approximate surface area is 130 Å². The Morgan fingerprint density at radius 2 is 2.05 bits per heavy atom. The second-order valence-corrected chi connectivity index (χ2v) is 5.57. The van der Waals surface area contributed by atoms with Gasteiger partial charge in [-0.05, 0) is 38.3 Å². The van der Waals surface area contributed by atoms with Gasteiger partial charge in [0.1, 0.15) is 0 Å². The largest absolute Gasteiger partial charge is 0.371 e. The van der Waals surface area contributed by atoms with Gasteiger partial charge in [-0.3, -0.25) is 4.99 Å². The van der Waals surface area contributed by atoms with Crippen LogP contribution in [0.15, 0.2) is 23.2 Å². The molecule has 2 rings (SSSR count). The van der Waals surface area contributed by atoms with Crippen molar-refractivity contribution in [2.45, 2.75) is 20.3 Å².